The maximum absolute atomic E-state index is 12.6. The number of thiophene rings is 1. The van der Waals surface area contributed by atoms with Gasteiger partial charge in [-0.3, -0.25) is 14.6 Å². The molecule has 0 saturated heterocycles. The first kappa shape index (κ1) is 20.1. The van der Waals surface area contributed by atoms with Crippen LogP contribution in [0.4, 0.5) is 0 Å². The topological polar surface area (TPSA) is 101 Å². The molecule has 0 aliphatic rings. The number of aliphatic hydroxyl groups excluding tert-OH is 1. The highest BCUT2D eigenvalue weighted by Crippen LogP contribution is 2.34. The summed E-state index contributed by atoms with van der Waals surface area (Å²) in [5, 5.41) is 16.1. The van der Waals surface area contributed by atoms with Crippen molar-refractivity contribution < 1.29 is 19.4 Å². The van der Waals surface area contributed by atoms with Gasteiger partial charge in [-0.2, -0.15) is 0 Å². The molecule has 0 bridgehead atoms. The van der Waals surface area contributed by atoms with Gasteiger partial charge < -0.3 is 20.5 Å². The second-order valence-corrected chi connectivity index (χ2v) is 7.54. The molecule has 0 spiro atoms. The smallest absolute Gasteiger partial charge is 0.262 e. The van der Waals surface area contributed by atoms with Crippen LogP contribution in [-0.2, 0) is 4.79 Å². The van der Waals surface area contributed by atoms with Gasteiger partial charge in [-0.15, -0.1) is 11.3 Å². The van der Waals surface area contributed by atoms with Crippen molar-refractivity contribution in [2.45, 2.75) is 19.1 Å². The number of pyridine rings is 1. The number of aromatic nitrogens is 1. The number of carbonyl (C=O) groups excluding carboxylic acids is 2. The zero-order chi connectivity index (χ0) is 20.3. The molecule has 3 rings (SSSR count). The van der Waals surface area contributed by atoms with Crippen LogP contribution < -0.4 is 15.4 Å². The Morgan fingerprint density at radius 3 is 2.61 bits per heavy atom. The molecule has 0 radical (unpaired) electrons. The van der Waals surface area contributed by atoms with Gasteiger partial charge in [0.25, 0.3) is 5.91 Å². The minimum atomic E-state index is -1.05. The number of nitrogens with one attached hydrogen (secondary N) is 2. The van der Waals surface area contributed by atoms with Crippen molar-refractivity contribution in [1.29, 1.82) is 0 Å². The van der Waals surface area contributed by atoms with Crippen LogP contribution in [0.3, 0.4) is 0 Å². The lowest BCUT2D eigenvalue weighted by Gasteiger charge is -2.19. The molecule has 0 aliphatic heterocycles. The molecule has 1 aromatic carbocycles. The van der Waals surface area contributed by atoms with Gasteiger partial charge in [0.15, 0.2) is 5.75 Å². The Morgan fingerprint density at radius 2 is 1.96 bits per heavy atom. The van der Waals surface area contributed by atoms with E-state index in [-0.39, 0.29) is 0 Å². The third-order valence-electron chi connectivity index (χ3n) is 3.97. The van der Waals surface area contributed by atoms with Gasteiger partial charge in [-0.05, 0) is 37.3 Å². The minimum Gasteiger partial charge on any atom is -0.455 e. The highest BCUT2D eigenvalue weighted by Gasteiger charge is 2.26. The van der Waals surface area contributed by atoms with E-state index in [9.17, 15) is 14.7 Å². The van der Waals surface area contributed by atoms with Crippen LogP contribution in [0.5, 0.6) is 11.5 Å². The molecule has 3 aromatic rings. The van der Waals surface area contributed by atoms with E-state index in [1.165, 1.54) is 25.3 Å². The third-order valence-corrected chi connectivity index (χ3v) is 5.29. The lowest BCUT2D eigenvalue weighted by molar-refractivity contribution is -0.124. The van der Waals surface area contributed by atoms with Crippen molar-refractivity contribution in [1.82, 2.24) is 15.6 Å². The number of aliphatic hydroxyl groups is 1. The Labute approximate surface area is 170 Å². The lowest BCUT2D eigenvalue weighted by Crippen LogP contribution is -2.51. The van der Waals surface area contributed by atoms with Crippen LogP contribution in [0.15, 0.2) is 42.7 Å². The molecule has 0 fully saturated rings. The van der Waals surface area contributed by atoms with Crippen LogP contribution >= 0.6 is 22.9 Å². The van der Waals surface area contributed by atoms with Crippen LogP contribution in [0, 0.1) is 0 Å². The maximum atomic E-state index is 12.6. The van der Waals surface area contributed by atoms with Crippen molar-refractivity contribution >= 4 is 44.8 Å². The molecule has 3 N–H and O–H groups in total. The van der Waals surface area contributed by atoms with Crippen molar-refractivity contribution in [2.75, 3.05) is 7.05 Å². The number of nitrogens with zero attached hydrogens (tertiary/aromatic N) is 1. The molecule has 2 amide bonds. The molecule has 2 aromatic heterocycles. The quantitative estimate of drug-likeness (QED) is 0.570. The zero-order valence-electron chi connectivity index (χ0n) is 15.1. The Bertz CT molecular complexity index is 1000. The van der Waals surface area contributed by atoms with Crippen LogP contribution in [-0.4, -0.2) is 41.1 Å². The molecule has 1 unspecified atom stereocenters. The second-order valence-electron chi connectivity index (χ2n) is 6.02. The molecule has 0 saturated carbocycles. The van der Waals surface area contributed by atoms with Gasteiger partial charge in [0, 0.05) is 23.7 Å². The molecule has 2 heterocycles. The molecule has 146 valence electrons. The van der Waals surface area contributed by atoms with E-state index < -0.39 is 24.0 Å². The highest BCUT2D eigenvalue weighted by molar-refractivity contribution is 7.20. The number of halogens is 1. The first-order chi connectivity index (χ1) is 13.4. The molecule has 0 aliphatic carbocycles. The molecule has 28 heavy (non-hydrogen) atoms. The summed E-state index contributed by atoms with van der Waals surface area (Å²) in [6.07, 6.45) is 2.16. The van der Waals surface area contributed by atoms with Gasteiger partial charge in [0.05, 0.1) is 21.9 Å². The van der Waals surface area contributed by atoms with Gasteiger partial charge >= 0.3 is 0 Å². The number of benzene rings is 1. The van der Waals surface area contributed by atoms with Crippen molar-refractivity contribution in [3.8, 4) is 11.5 Å². The minimum absolute atomic E-state index is 0.374. The fourth-order valence-electron chi connectivity index (χ4n) is 2.53. The van der Waals surface area contributed by atoms with Gasteiger partial charge in [-0.1, -0.05) is 11.6 Å². The third kappa shape index (κ3) is 4.41. The zero-order valence-corrected chi connectivity index (χ0v) is 16.7. The Kier molecular flexibility index (Phi) is 6.13. The molecular weight excluding hydrogens is 402 g/mol. The van der Waals surface area contributed by atoms with E-state index in [1.54, 1.807) is 42.7 Å². The Morgan fingerprint density at radius 1 is 1.25 bits per heavy atom. The predicted octanol–water partition coefficient (Wildman–Crippen LogP) is 2.97. The van der Waals surface area contributed by atoms with E-state index in [4.69, 9.17) is 16.3 Å². The molecule has 7 nitrogen and oxygen atoms in total. The summed E-state index contributed by atoms with van der Waals surface area (Å²) in [7, 11) is 1.44. The van der Waals surface area contributed by atoms with Crippen LogP contribution in [0.2, 0.25) is 5.02 Å². The van der Waals surface area contributed by atoms with Crippen molar-refractivity contribution in [3.63, 3.8) is 0 Å². The fraction of sp³-hybridized carbons (Fsp3) is 0.211. The van der Waals surface area contributed by atoms with Gasteiger partial charge in [0.1, 0.15) is 11.8 Å². The normalized spacial score (nSPS) is 13.0. The predicted molar refractivity (Wildman–Crippen MR) is 108 cm³/mol. The number of hydrogen-bond acceptors (Lipinski definition) is 6. The number of ether oxygens (including phenoxy) is 1. The van der Waals surface area contributed by atoms with Crippen molar-refractivity contribution in [3.05, 3.63) is 52.6 Å². The van der Waals surface area contributed by atoms with E-state index >= 15 is 0 Å². The molecule has 2 atom stereocenters. The largest absolute Gasteiger partial charge is 0.455 e. The summed E-state index contributed by atoms with van der Waals surface area (Å²) in [5.74, 6) is 0.143. The SMILES string of the molecule is CNC(=O)[C@H](NC(=O)c1cc2c(Oc3ccc(Cl)cc3)cncc2s1)C(C)O. The average Bonchev–Trinajstić information content (AvgIpc) is 3.12. The number of likely N-dealkylation sites (N-methyl/N-ethyl adjacent to an activating group) is 1. The first-order valence-electron chi connectivity index (χ1n) is 8.40. The van der Waals surface area contributed by atoms with Crippen LogP contribution in [0.25, 0.3) is 10.1 Å². The monoisotopic (exact) mass is 419 g/mol. The summed E-state index contributed by atoms with van der Waals surface area (Å²) in [5.41, 5.74) is 0. The molecule has 9 heteroatoms. The highest BCUT2D eigenvalue weighted by atomic mass is 35.5. The number of rotatable bonds is 6. The van der Waals surface area contributed by atoms with Gasteiger partial charge in [0.2, 0.25) is 5.91 Å². The number of carbonyl (C=O) groups is 2. The summed E-state index contributed by atoms with van der Waals surface area (Å²) in [6, 6.07) is 7.52. The standard InChI is InChI=1S/C19H18ClN3O4S/c1-10(24)17(19(26)21-2)23-18(25)15-7-13-14(8-22-9-16(13)28-15)27-12-5-3-11(20)4-6-12/h3-10,17,24H,1-2H3,(H,21,26)(H,23,25)/t10?,17-/m1/s1. The summed E-state index contributed by atoms with van der Waals surface area (Å²) >= 11 is 7.10. The number of hydrogen-bond donors (Lipinski definition) is 3. The lowest BCUT2D eigenvalue weighted by atomic mass is 10.1. The van der Waals surface area contributed by atoms with E-state index in [0.29, 0.717) is 26.8 Å². The Hall–Kier alpha value is -2.68. The summed E-state index contributed by atoms with van der Waals surface area (Å²) in [4.78, 5) is 29.0. The van der Waals surface area contributed by atoms with E-state index in [1.807, 2.05) is 0 Å². The first-order valence-corrected chi connectivity index (χ1v) is 9.60. The number of amides is 2. The fourth-order valence-corrected chi connectivity index (χ4v) is 3.61. The van der Waals surface area contributed by atoms with Crippen LogP contribution in [0.1, 0.15) is 16.6 Å². The summed E-state index contributed by atoms with van der Waals surface area (Å²) in [6.45, 7) is 1.44. The van der Waals surface area contributed by atoms with E-state index in [2.05, 4.69) is 15.6 Å². The number of fused-ring (bicyclic) bond motifs is 1. The maximum Gasteiger partial charge on any atom is 0.262 e. The summed E-state index contributed by atoms with van der Waals surface area (Å²) < 4.78 is 6.62. The second kappa shape index (κ2) is 8.55. The average molecular weight is 420 g/mol. The van der Waals surface area contributed by atoms with Gasteiger partial charge in [-0.25, -0.2) is 0 Å². The Balaban J connectivity index is 1.86. The van der Waals surface area contributed by atoms with E-state index in [0.717, 1.165) is 4.70 Å². The molecular formula is C19H18ClN3O4S. The van der Waals surface area contributed by atoms with Crippen molar-refractivity contribution in [2.24, 2.45) is 0 Å².